The van der Waals surface area contributed by atoms with Crippen LogP contribution in [0.2, 0.25) is 0 Å². The predicted octanol–water partition coefficient (Wildman–Crippen LogP) is 2.53. The molecule has 0 aromatic heterocycles. The van der Waals surface area contributed by atoms with Gasteiger partial charge in [-0.2, -0.15) is 0 Å². The van der Waals surface area contributed by atoms with Crippen LogP contribution in [0.1, 0.15) is 60.7 Å². The molecule has 1 aliphatic carbocycles. The lowest BCUT2D eigenvalue weighted by Crippen LogP contribution is -2.62. The van der Waals surface area contributed by atoms with Gasteiger partial charge in [0.05, 0.1) is 11.1 Å². The minimum Gasteiger partial charge on any atom is -0.444 e. The Morgan fingerprint density at radius 3 is 2.00 bits per heavy atom. The Hall–Kier alpha value is -2.90. The summed E-state index contributed by atoms with van der Waals surface area (Å²) in [7, 11) is 1.46. The van der Waals surface area contributed by atoms with Gasteiger partial charge in [-0.3, -0.25) is 14.5 Å². The summed E-state index contributed by atoms with van der Waals surface area (Å²) < 4.78 is 5.33. The maximum Gasteiger partial charge on any atom is 0.410 e. The second kappa shape index (κ2) is 6.37. The minimum absolute atomic E-state index is 0.179. The van der Waals surface area contributed by atoms with Crippen LogP contribution in [0.25, 0.3) is 0 Å². The van der Waals surface area contributed by atoms with Gasteiger partial charge in [0.1, 0.15) is 11.1 Å². The molecule has 1 fully saturated rings. The van der Waals surface area contributed by atoms with Crippen molar-refractivity contribution in [2.75, 3.05) is 7.05 Å². The lowest BCUT2D eigenvalue weighted by Gasteiger charge is -2.45. The molecule has 1 heterocycles. The highest BCUT2D eigenvalue weighted by Crippen LogP contribution is 2.39. The zero-order valence-electron chi connectivity index (χ0n) is 15.8. The van der Waals surface area contributed by atoms with Crippen LogP contribution in [0.3, 0.4) is 0 Å². The molecular formula is C19H22N2O6. The second-order valence-corrected chi connectivity index (χ2v) is 7.75. The molecule has 8 heteroatoms. The second-order valence-electron chi connectivity index (χ2n) is 7.75. The molecule has 0 saturated heterocycles. The van der Waals surface area contributed by atoms with Crippen molar-refractivity contribution in [3.63, 3.8) is 0 Å². The molecule has 144 valence electrons. The molecule has 1 aliphatic heterocycles. The first kappa shape index (κ1) is 18.9. The average Bonchev–Trinajstić information content (AvgIpc) is 2.78. The normalized spacial score (nSPS) is 17.9. The van der Waals surface area contributed by atoms with E-state index in [9.17, 15) is 19.2 Å². The van der Waals surface area contributed by atoms with E-state index in [4.69, 9.17) is 9.57 Å². The van der Waals surface area contributed by atoms with Crippen molar-refractivity contribution in [2.24, 2.45) is 0 Å². The number of hydroxylamine groups is 2. The van der Waals surface area contributed by atoms with Gasteiger partial charge >= 0.3 is 12.1 Å². The number of hydrogen-bond donors (Lipinski definition) is 0. The molecule has 0 unspecified atom stereocenters. The van der Waals surface area contributed by atoms with Crippen molar-refractivity contribution >= 4 is 23.9 Å². The van der Waals surface area contributed by atoms with Gasteiger partial charge in [0, 0.05) is 7.05 Å². The SMILES string of the molecule is CN(C(=O)OC(C)(C)C)C1(C(=O)ON2C(=O)c3ccccc3C2=O)CCC1. The number of hydrogen-bond acceptors (Lipinski definition) is 6. The van der Waals surface area contributed by atoms with Gasteiger partial charge in [-0.05, 0) is 52.2 Å². The molecule has 1 saturated carbocycles. The number of ether oxygens (including phenoxy) is 1. The fourth-order valence-corrected chi connectivity index (χ4v) is 3.11. The number of rotatable bonds is 3. The lowest BCUT2D eigenvalue weighted by molar-refractivity contribution is -0.187. The molecule has 1 aromatic carbocycles. The van der Waals surface area contributed by atoms with Gasteiger partial charge in [-0.15, -0.1) is 0 Å². The molecule has 1 aromatic rings. The van der Waals surface area contributed by atoms with Gasteiger partial charge < -0.3 is 9.57 Å². The summed E-state index contributed by atoms with van der Waals surface area (Å²) in [6.07, 6.45) is 0.779. The highest BCUT2D eigenvalue weighted by Gasteiger charge is 2.54. The Morgan fingerprint density at radius 2 is 1.59 bits per heavy atom. The first-order valence-electron chi connectivity index (χ1n) is 8.74. The molecule has 0 bridgehead atoms. The Balaban J connectivity index is 1.78. The fraction of sp³-hybridized carbons (Fsp3) is 0.474. The van der Waals surface area contributed by atoms with Crippen LogP contribution < -0.4 is 0 Å². The van der Waals surface area contributed by atoms with E-state index in [0.717, 1.165) is 0 Å². The minimum atomic E-state index is -1.25. The number of amides is 3. The van der Waals surface area contributed by atoms with Gasteiger partial charge in [-0.25, -0.2) is 9.59 Å². The Bertz CT molecular complexity index is 787. The summed E-state index contributed by atoms with van der Waals surface area (Å²) >= 11 is 0. The zero-order chi connectivity index (χ0) is 20.0. The molecule has 0 radical (unpaired) electrons. The number of fused-ring (bicyclic) bond motifs is 1. The largest absolute Gasteiger partial charge is 0.444 e. The molecule has 2 aliphatic rings. The highest BCUT2D eigenvalue weighted by molar-refractivity contribution is 6.21. The van der Waals surface area contributed by atoms with E-state index in [-0.39, 0.29) is 11.1 Å². The third-order valence-electron chi connectivity index (χ3n) is 4.80. The van der Waals surface area contributed by atoms with E-state index in [2.05, 4.69) is 0 Å². The summed E-state index contributed by atoms with van der Waals surface area (Å²) in [5, 5.41) is 0.468. The summed E-state index contributed by atoms with van der Waals surface area (Å²) in [5.41, 5.74) is -1.61. The summed E-state index contributed by atoms with van der Waals surface area (Å²) in [6.45, 7) is 5.18. The summed E-state index contributed by atoms with van der Waals surface area (Å²) in [4.78, 5) is 56.4. The number of carbonyl (C=O) groups excluding carboxylic acids is 4. The van der Waals surface area contributed by atoms with E-state index in [1.165, 1.54) is 24.1 Å². The van der Waals surface area contributed by atoms with Crippen LogP contribution in [-0.4, -0.2) is 52.0 Å². The van der Waals surface area contributed by atoms with Gasteiger partial charge in [0.2, 0.25) is 0 Å². The predicted molar refractivity (Wildman–Crippen MR) is 93.6 cm³/mol. The Morgan fingerprint density at radius 1 is 1.07 bits per heavy atom. The lowest BCUT2D eigenvalue weighted by atomic mass is 9.75. The third-order valence-corrected chi connectivity index (χ3v) is 4.80. The number of imide groups is 1. The van der Waals surface area contributed by atoms with Crippen molar-refractivity contribution in [2.45, 2.75) is 51.2 Å². The van der Waals surface area contributed by atoms with Gasteiger partial charge in [-0.1, -0.05) is 17.2 Å². The fourth-order valence-electron chi connectivity index (χ4n) is 3.11. The van der Waals surface area contributed by atoms with E-state index in [0.29, 0.717) is 24.3 Å². The highest BCUT2D eigenvalue weighted by atomic mass is 16.7. The quantitative estimate of drug-likeness (QED) is 0.755. The number of nitrogens with zero attached hydrogens (tertiary/aromatic N) is 2. The van der Waals surface area contributed by atoms with Crippen molar-refractivity contribution in [1.29, 1.82) is 0 Å². The van der Waals surface area contributed by atoms with E-state index < -0.39 is 35.0 Å². The van der Waals surface area contributed by atoms with Gasteiger partial charge in [0.25, 0.3) is 11.8 Å². The van der Waals surface area contributed by atoms with Crippen LogP contribution >= 0.6 is 0 Å². The monoisotopic (exact) mass is 374 g/mol. The van der Waals surface area contributed by atoms with E-state index in [1.54, 1.807) is 32.9 Å². The van der Waals surface area contributed by atoms with Gasteiger partial charge in [0.15, 0.2) is 0 Å². The first-order valence-corrected chi connectivity index (χ1v) is 8.74. The van der Waals surface area contributed by atoms with E-state index >= 15 is 0 Å². The molecule has 3 rings (SSSR count). The molecule has 8 nitrogen and oxygen atoms in total. The average molecular weight is 374 g/mol. The van der Waals surface area contributed by atoms with Crippen LogP contribution in [0.4, 0.5) is 4.79 Å². The van der Waals surface area contributed by atoms with Crippen LogP contribution in [0, 0.1) is 0 Å². The topological polar surface area (TPSA) is 93.2 Å². The molecule has 0 spiro atoms. The van der Waals surface area contributed by atoms with Crippen molar-refractivity contribution in [1.82, 2.24) is 9.96 Å². The maximum absolute atomic E-state index is 12.8. The molecular weight excluding hydrogens is 352 g/mol. The molecule has 0 atom stereocenters. The number of likely N-dealkylation sites (N-methyl/N-ethyl adjacent to an activating group) is 1. The molecule has 27 heavy (non-hydrogen) atoms. The van der Waals surface area contributed by atoms with Crippen molar-refractivity contribution < 1.29 is 28.8 Å². The van der Waals surface area contributed by atoms with Crippen LogP contribution in [-0.2, 0) is 14.4 Å². The number of benzene rings is 1. The summed E-state index contributed by atoms with van der Waals surface area (Å²) in [5.74, 6) is -2.21. The molecule has 0 N–H and O–H groups in total. The van der Waals surface area contributed by atoms with Crippen LogP contribution in [0.15, 0.2) is 24.3 Å². The van der Waals surface area contributed by atoms with Crippen molar-refractivity contribution in [3.05, 3.63) is 35.4 Å². The molecule has 3 amide bonds. The third kappa shape index (κ3) is 3.15. The standard InChI is InChI=1S/C19H22N2O6/c1-18(2,3)26-17(25)20(4)19(10-7-11-19)16(24)27-21-14(22)12-8-5-6-9-13(12)15(21)23/h5-6,8-9H,7,10-11H2,1-4H3. The smallest absolute Gasteiger partial charge is 0.410 e. The maximum atomic E-state index is 12.8. The van der Waals surface area contributed by atoms with Crippen molar-refractivity contribution in [3.8, 4) is 0 Å². The Kier molecular flexibility index (Phi) is 4.45. The Labute approximate surface area is 157 Å². The first-order chi connectivity index (χ1) is 12.6. The number of carbonyl (C=O) groups is 4. The zero-order valence-corrected chi connectivity index (χ0v) is 15.8. The van der Waals surface area contributed by atoms with E-state index in [1.807, 2.05) is 0 Å². The summed E-state index contributed by atoms with van der Waals surface area (Å²) in [6, 6.07) is 6.24. The van der Waals surface area contributed by atoms with Crippen LogP contribution in [0.5, 0.6) is 0 Å².